The van der Waals surface area contributed by atoms with Crippen molar-refractivity contribution in [1.82, 2.24) is 4.90 Å². The van der Waals surface area contributed by atoms with Crippen molar-refractivity contribution in [3.8, 4) is 0 Å². The summed E-state index contributed by atoms with van der Waals surface area (Å²) in [5, 5.41) is 9.20. The van der Waals surface area contributed by atoms with Crippen molar-refractivity contribution in [2.45, 2.75) is 5.37 Å². The van der Waals surface area contributed by atoms with Crippen LogP contribution in [0.15, 0.2) is 54.6 Å². The van der Waals surface area contributed by atoms with Gasteiger partial charge in [-0.2, -0.15) is 0 Å². The van der Waals surface area contributed by atoms with Gasteiger partial charge in [0.25, 0.3) is 5.91 Å². The molecule has 1 N–H and O–H groups in total. The number of carboxylic acids is 1. The number of carbonyl (C=O) groups excluding carboxylic acids is 1. The Morgan fingerprint density at radius 3 is 2.26 bits per heavy atom. The van der Waals surface area contributed by atoms with E-state index in [1.807, 2.05) is 30.3 Å². The van der Waals surface area contributed by atoms with E-state index in [2.05, 4.69) is 0 Å². The molecule has 0 aromatic heterocycles. The molecule has 1 aliphatic rings. The molecule has 2 aromatic carbocycles. The molecule has 0 spiro atoms. The predicted molar refractivity (Wildman–Crippen MR) is 93.2 cm³/mol. The Hall–Kier alpha value is -1.27. The van der Waals surface area contributed by atoms with Crippen LogP contribution in [0.5, 0.6) is 0 Å². The van der Waals surface area contributed by atoms with Crippen LogP contribution in [0, 0.1) is 0 Å². The zero-order chi connectivity index (χ0) is 15.5. The van der Waals surface area contributed by atoms with Crippen LogP contribution in [-0.4, -0.2) is 63.7 Å². The zero-order valence-corrected chi connectivity index (χ0v) is 12.6. The summed E-state index contributed by atoms with van der Waals surface area (Å²) in [4.78, 5) is 25.9. The van der Waals surface area contributed by atoms with E-state index in [4.69, 9.17) is 0 Å². The normalized spacial score (nSPS) is 16.7. The molecule has 1 fully saturated rings. The van der Waals surface area contributed by atoms with Gasteiger partial charge >= 0.3 is 35.5 Å². The van der Waals surface area contributed by atoms with Crippen LogP contribution >= 0.6 is 11.8 Å². The maximum atomic E-state index is 12.8. The molecule has 114 valence electrons. The van der Waals surface area contributed by atoms with E-state index in [0.29, 0.717) is 6.54 Å². The molecule has 3 rings (SSSR count). The second-order valence-corrected chi connectivity index (χ2v) is 6.17. The molecule has 2 aromatic rings. The molecule has 0 radical (unpaired) electrons. The molecule has 1 atom stereocenters. The number of hydrogen-bond donors (Lipinski definition) is 1. The van der Waals surface area contributed by atoms with Crippen molar-refractivity contribution in [3.05, 3.63) is 71.3 Å². The fraction of sp³-hybridized carbons (Fsp3) is 0.176. The van der Waals surface area contributed by atoms with Gasteiger partial charge in [-0.3, -0.25) is 4.79 Å². The van der Waals surface area contributed by atoms with E-state index in [9.17, 15) is 14.7 Å². The third-order valence-corrected chi connectivity index (χ3v) is 4.89. The number of thioether (sulfide) groups is 1. The fourth-order valence-corrected chi connectivity index (χ4v) is 3.84. The summed E-state index contributed by atoms with van der Waals surface area (Å²) < 4.78 is 0. The van der Waals surface area contributed by atoms with Crippen LogP contribution in [0.2, 0.25) is 0 Å². The molecule has 0 aliphatic carbocycles. The molecule has 6 heteroatoms. The van der Waals surface area contributed by atoms with Gasteiger partial charge in [0.15, 0.2) is 0 Å². The standard InChI is InChI=1S/C17H15NO3S.Na.H/c19-15(13-8-4-5-9-14(13)17(20)21)18-10-11-22-16(18)12-6-2-1-3-7-12;;/h1-9,16H,10-11H2,(H,20,21);;. The van der Waals surface area contributed by atoms with E-state index in [-0.39, 0.29) is 52.0 Å². The van der Waals surface area contributed by atoms with Gasteiger partial charge in [-0.1, -0.05) is 42.5 Å². The first-order valence-corrected chi connectivity index (χ1v) is 8.03. The van der Waals surface area contributed by atoms with Crippen LogP contribution in [0.25, 0.3) is 0 Å². The van der Waals surface area contributed by atoms with Gasteiger partial charge < -0.3 is 10.0 Å². The Morgan fingerprint density at radius 1 is 1.00 bits per heavy atom. The molecular weight excluding hydrogens is 321 g/mol. The van der Waals surface area contributed by atoms with Gasteiger partial charge in [-0.15, -0.1) is 11.8 Å². The SMILES string of the molecule is O=C(O)c1ccccc1C(=O)N1CCSC1c1ccccc1.[NaH]. The molecule has 1 aliphatic heterocycles. The van der Waals surface area contributed by atoms with Gasteiger partial charge in [0.1, 0.15) is 5.37 Å². The quantitative estimate of drug-likeness (QED) is 0.875. The fourth-order valence-electron chi connectivity index (χ4n) is 2.58. The van der Waals surface area contributed by atoms with Crippen molar-refractivity contribution >= 4 is 53.2 Å². The van der Waals surface area contributed by atoms with Gasteiger partial charge in [0, 0.05) is 12.3 Å². The number of benzene rings is 2. The first kappa shape index (κ1) is 18.1. The third-order valence-electron chi connectivity index (χ3n) is 3.62. The van der Waals surface area contributed by atoms with Gasteiger partial charge in [-0.25, -0.2) is 4.79 Å². The summed E-state index contributed by atoms with van der Waals surface area (Å²) >= 11 is 1.70. The molecule has 4 nitrogen and oxygen atoms in total. The predicted octanol–water partition coefficient (Wildman–Crippen LogP) is 2.62. The molecule has 1 amide bonds. The van der Waals surface area contributed by atoms with E-state index >= 15 is 0 Å². The molecule has 1 heterocycles. The number of carboxylic acid groups (broad SMARTS) is 1. The van der Waals surface area contributed by atoms with Crippen LogP contribution in [0.3, 0.4) is 0 Å². The zero-order valence-electron chi connectivity index (χ0n) is 11.8. The monoisotopic (exact) mass is 337 g/mol. The average Bonchev–Trinajstić information content (AvgIpc) is 3.04. The van der Waals surface area contributed by atoms with Crippen molar-refractivity contribution in [1.29, 1.82) is 0 Å². The molecule has 1 unspecified atom stereocenters. The van der Waals surface area contributed by atoms with E-state index in [1.165, 1.54) is 6.07 Å². The average molecular weight is 337 g/mol. The Morgan fingerprint density at radius 2 is 1.61 bits per heavy atom. The summed E-state index contributed by atoms with van der Waals surface area (Å²) in [6.07, 6.45) is 0. The van der Waals surface area contributed by atoms with E-state index in [1.54, 1.807) is 34.9 Å². The van der Waals surface area contributed by atoms with Crippen molar-refractivity contribution in [2.24, 2.45) is 0 Å². The van der Waals surface area contributed by atoms with Gasteiger partial charge in [0.2, 0.25) is 0 Å². The Kier molecular flexibility index (Phi) is 6.30. The van der Waals surface area contributed by atoms with Crippen LogP contribution in [0.1, 0.15) is 31.7 Å². The van der Waals surface area contributed by atoms with Crippen molar-refractivity contribution < 1.29 is 14.7 Å². The number of amides is 1. The minimum absolute atomic E-state index is 0. The maximum absolute atomic E-state index is 12.8. The van der Waals surface area contributed by atoms with Gasteiger partial charge in [-0.05, 0) is 17.7 Å². The molecule has 0 bridgehead atoms. The number of aromatic carboxylic acids is 1. The Labute approximate surface area is 161 Å². The number of nitrogens with zero attached hydrogens (tertiary/aromatic N) is 1. The summed E-state index contributed by atoms with van der Waals surface area (Å²) in [5.74, 6) is -0.454. The molecular formula is C17H16NNaO3S. The summed E-state index contributed by atoms with van der Waals surface area (Å²) in [5.41, 5.74) is 1.36. The molecule has 1 saturated heterocycles. The second kappa shape index (κ2) is 8.02. The Balaban J connectivity index is 0.00000192. The summed E-state index contributed by atoms with van der Waals surface area (Å²) in [7, 11) is 0. The third kappa shape index (κ3) is 3.80. The number of rotatable bonds is 3. The second-order valence-electron chi connectivity index (χ2n) is 4.98. The molecule has 23 heavy (non-hydrogen) atoms. The Bertz CT molecular complexity index is 708. The first-order valence-electron chi connectivity index (χ1n) is 6.98. The van der Waals surface area contributed by atoms with E-state index < -0.39 is 5.97 Å². The topological polar surface area (TPSA) is 57.6 Å². The molecule has 0 saturated carbocycles. The van der Waals surface area contributed by atoms with Crippen LogP contribution in [-0.2, 0) is 0 Å². The van der Waals surface area contributed by atoms with E-state index in [0.717, 1.165) is 11.3 Å². The van der Waals surface area contributed by atoms with Crippen LogP contribution in [0.4, 0.5) is 0 Å². The number of carbonyl (C=O) groups is 2. The van der Waals surface area contributed by atoms with Gasteiger partial charge in [0.05, 0.1) is 11.1 Å². The first-order chi connectivity index (χ1) is 10.7. The van der Waals surface area contributed by atoms with Crippen molar-refractivity contribution in [2.75, 3.05) is 12.3 Å². The van der Waals surface area contributed by atoms with Crippen molar-refractivity contribution in [3.63, 3.8) is 0 Å². The summed E-state index contributed by atoms with van der Waals surface area (Å²) in [6.45, 7) is 0.622. The van der Waals surface area contributed by atoms with Crippen LogP contribution < -0.4 is 0 Å². The minimum atomic E-state index is -1.08. The summed E-state index contributed by atoms with van der Waals surface area (Å²) in [6, 6.07) is 16.2. The number of hydrogen-bond acceptors (Lipinski definition) is 3.